The van der Waals surface area contributed by atoms with Gasteiger partial charge in [-0.25, -0.2) is 5.43 Å². The number of aromatic nitrogens is 1. The molecule has 4 aromatic rings. The molecule has 8 heteroatoms. The average molecular weight is 418 g/mol. The van der Waals surface area contributed by atoms with Crippen molar-refractivity contribution in [2.24, 2.45) is 5.10 Å². The van der Waals surface area contributed by atoms with Crippen molar-refractivity contribution in [3.05, 3.63) is 92.6 Å². The summed E-state index contributed by atoms with van der Waals surface area (Å²) in [4.78, 5) is 23.4. The molecule has 0 aliphatic heterocycles. The molecule has 2 aromatic carbocycles. The van der Waals surface area contributed by atoms with Crippen molar-refractivity contribution in [2.45, 2.75) is 13.8 Å². The molecule has 7 nitrogen and oxygen atoms in total. The number of hydrogen-bond donors (Lipinski definition) is 1. The van der Waals surface area contributed by atoms with Crippen LogP contribution in [-0.4, -0.2) is 21.6 Å². The summed E-state index contributed by atoms with van der Waals surface area (Å²) in [6.07, 6.45) is 1.62. The van der Waals surface area contributed by atoms with Crippen molar-refractivity contribution in [3.8, 4) is 5.69 Å². The standard InChI is InChI=1S/C22H18N4O3S/c1-14-10-17(15(2)25(14)18-6-4-3-5-7-18)13-23-24-22(27)21-12-16-11-19(26(28)29)8-9-20(16)30-21/h3-13H,1-2H3,(H,24,27). The largest absolute Gasteiger partial charge is 0.318 e. The molecule has 30 heavy (non-hydrogen) atoms. The highest BCUT2D eigenvalue weighted by molar-refractivity contribution is 7.20. The second-order valence-corrected chi connectivity index (χ2v) is 7.87. The van der Waals surface area contributed by atoms with E-state index in [1.54, 1.807) is 18.3 Å². The van der Waals surface area contributed by atoms with E-state index in [1.165, 1.54) is 23.5 Å². The van der Waals surface area contributed by atoms with Gasteiger partial charge in [-0.15, -0.1) is 11.3 Å². The van der Waals surface area contributed by atoms with Gasteiger partial charge in [-0.1, -0.05) is 18.2 Å². The van der Waals surface area contributed by atoms with Gasteiger partial charge in [0.1, 0.15) is 0 Å². The molecule has 1 N–H and O–H groups in total. The summed E-state index contributed by atoms with van der Waals surface area (Å²) in [6, 6.07) is 18.2. The molecule has 2 heterocycles. The Balaban J connectivity index is 1.52. The van der Waals surface area contributed by atoms with E-state index in [9.17, 15) is 14.9 Å². The van der Waals surface area contributed by atoms with Crippen LogP contribution >= 0.6 is 11.3 Å². The average Bonchev–Trinajstić information content (AvgIpc) is 3.28. The van der Waals surface area contributed by atoms with Crippen LogP contribution in [0.3, 0.4) is 0 Å². The first-order valence-electron chi connectivity index (χ1n) is 9.20. The van der Waals surface area contributed by atoms with Crippen LogP contribution in [0.5, 0.6) is 0 Å². The first kappa shape index (κ1) is 19.5. The number of amides is 1. The number of para-hydroxylation sites is 1. The fraction of sp³-hybridized carbons (Fsp3) is 0.0909. The van der Waals surface area contributed by atoms with Gasteiger partial charge in [0.15, 0.2) is 0 Å². The number of nitro benzene ring substituents is 1. The number of thiophene rings is 1. The lowest BCUT2D eigenvalue weighted by Crippen LogP contribution is -2.16. The number of rotatable bonds is 5. The number of carbonyl (C=O) groups is 1. The van der Waals surface area contributed by atoms with Crippen molar-refractivity contribution in [1.29, 1.82) is 0 Å². The number of nitrogens with zero attached hydrogens (tertiary/aromatic N) is 3. The normalized spacial score (nSPS) is 11.3. The van der Waals surface area contributed by atoms with Gasteiger partial charge in [0.2, 0.25) is 0 Å². The summed E-state index contributed by atoms with van der Waals surface area (Å²) >= 11 is 1.27. The van der Waals surface area contributed by atoms with E-state index in [4.69, 9.17) is 0 Å². The van der Waals surface area contributed by atoms with Crippen LogP contribution in [0.15, 0.2) is 65.8 Å². The lowest BCUT2D eigenvalue weighted by Gasteiger charge is -2.08. The lowest BCUT2D eigenvalue weighted by molar-refractivity contribution is -0.384. The number of benzene rings is 2. The van der Waals surface area contributed by atoms with Crippen LogP contribution in [0.2, 0.25) is 0 Å². The number of non-ortho nitro benzene ring substituents is 1. The third kappa shape index (κ3) is 3.72. The summed E-state index contributed by atoms with van der Waals surface area (Å²) < 4.78 is 2.93. The molecule has 1 amide bonds. The van der Waals surface area contributed by atoms with E-state index in [1.807, 2.05) is 50.2 Å². The number of carbonyl (C=O) groups excluding carboxylic acids is 1. The van der Waals surface area contributed by atoms with Crippen LogP contribution in [-0.2, 0) is 0 Å². The zero-order valence-electron chi connectivity index (χ0n) is 16.3. The third-order valence-electron chi connectivity index (χ3n) is 4.79. The van der Waals surface area contributed by atoms with Crippen molar-refractivity contribution in [1.82, 2.24) is 9.99 Å². The maximum absolute atomic E-state index is 12.4. The summed E-state index contributed by atoms with van der Waals surface area (Å²) in [5, 5.41) is 15.7. The number of fused-ring (bicyclic) bond motifs is 1. The predicted molar refractivity (Wildman–Crippen MR) is 119 cm³/mol. The molecule has 2 aromatic heterocycles. The van der Waals surface area contributed by atoms with Crippen LogP contribution in [0.25, 0.3) is 15.8 Å². The topological polar surface area (TPSA) is 89.5 Å². The minimum atomic E-state index is -0.451. The molecule has 0 bridgehead atoms. The number of hydrogen-bond acceptors (Lipinski definition) is 5. The van der Waals surface area contributed by atoms with E-state index in [0.717, 1.165) is 27.3 Å². The minimum absolute atomic E-state index is 0.000878. The Morgan fingerprint density at radius 2 is 1.90 bits per heavy atom. The van der Waals surface area contributed by atoms with E-state index in [-0.39, 0.29) is 11.6 Å². The molecular formula is C22H18N4O3S. The maximum Gasteiger partial charge on any atom is 0.281 e. The molecular weight excluding hydrogens is 400 g/mol. The summed E-state index contributed by atoms with van der Waals surface area (Å²) in [6.45, 7) is 4.02. The Kier molecular flexibility index (Phi) is 5.16. The summed E-state index contributed by atoms with van der Waals surface area (Å²) in [5.74, 6) is -0.355. The third-order valence-corrected chi connectivity index (χ3v) is 5.90. The van der Waals surface area contributed by atoms with Gasteiger partial charge in [-0.05, 0) is 44.2 Å². The molecule has 0 aliphatic rings. The molecule has 0 unspecified atom stereocenters. The van der Waals surface area contributed by atoms with Gasteiger partial charge in [-0.2, -0.15) is 5.10 Å². The molecule has 0 fully saturated rings. The lowest BCUT2D eigenvalue weighted by atomic mass is 10.2. The Bertz CT molecular complexity index is 1290. The zero-order chi connectivity index (χ0) is 21.3. The van der Waals surface area contributed by atoms with Gasteiger partial charge in [-0.3, -0.25) is 14.9 Å². The molecule has 0 saturated carbocycles. The number of aryl methyl sites for hydroxylation is 1. The molecule has 0 aliphatic carbocycles. The van der Waals surface area contributed by atoms with Crippen molar-refractivity contribution in [2.75, 3.05) is 0 Å². The quantitative estimate of drug-likeness (QED) is 0.281. The van der Waals surface area contributed by atoms with Crippen molar-refractivity contribution < 1.29 is 9.72 Å². The maximum atomic E-state index is 12.4. The fourth-order valence-corrected chi connectivity index (χ4v) is 4.30. The fourth-order valence-electron chi connectivity index (χ4n) is 3.36. The predicted octanol–water partition coefficient (Wildman–Crippen LogP) is 4.98. The smallest absolute Gasteiger partial charge is 0.281 e. The summed E-state index contributed by atoms with van der Waals surface area (Å²) in [7, 11) is 0. The van der Waals surface area contributed by atoms with Gasteiger partial charge < -0.3 is 4.57 Å². The highest BCUT2D eigenvalue weighted by Crippen LogP contribution is 2.29. The molecule has 4 rings (SSSR count). The van der Waals surface area contributed by atoms with Gasteiger partial charge in [0.25, 0.3) is 11.6 Å². The van der Waals surface area contributed by atoms with Crippen LogP contribution in [0.4, 0.5) is 5.69 Å². The van der Waals surface area contributed by atoms with E-state index >= 15 is 0 Å². The monoisotopic (exact) mass is 418 g/mol. The van der Waals surface area contributed by atoms with Crippen molar-refractivity contribution >= 4 is 39.2 Å². The van der Waals surface area contributed by atoms with Crippen LogP contribution in [0.1, 0.15) is 26.6 Å². The highest BCUT2D eigenvalue weighted by Gasteiger charge is 2.13. The van der Waals surface area contributed by atoms with Crippen LogP contribution in [0, 0.1) is 24.0 Å². The van der Waals surface area contributed by atoms with Crippen LogP contribution < -0.4 is 5.43 Å². The zero-order valence-corrected chi connectivity index (χ0v) is 17.1. The Morgan fingerprint density at radius 1 is 1.13 bits per heavy atom. The van der Waals surface area contributed by atoms with E-state index in [2.05, 4.69) is 15.1 Å². The first-order valence-corrected chi connectivity index (χ1v) is 10.0. The number of nitrogens with one attached hydrogen (secondary N) is 1. The second kappa shape index (κ2) is 7.92. The SMILES string of the molecule is Cc1cc(C=NNC(=O)c2cc3cc([N+](=O)[O-])ccc3s2)c(C)n1-c1ccccc1. The summed E-state index contributed by atoms with van der Waals surface area (Å²) in [5.41, 5.74) is 6.60. The van der Waals surface area contributed by atoms with E-state index < -0.39 is 4.92 Å². The molecule has 0 saturated heterocycles. The molecule has 0 atom stereocenters. The highest BCUT2D eigenvalue weighted by atomic mass is 32.1. The Morgan fingerprint density at radius 3 is 2.63 bits per heavy atom. The number of nitro groups is 1. The van der Waals surface area contributed by atoms with Gasteiger partial charge in [0.05, 0.1) is 16.0 Å². The van der Waals surface area contributed by atoms with E-state index in [0.29, 0.717) is 10.3 Å². The first-order chi connectivity index (χ1) is 14.4. The number of hydrazone groups is 1. The molecule has 0 spiro atoms. The Labute approximate surface area is 176 Å². The van der Waals surface area contributed by atoms with Gasteiger partial charge >= 0.3 is 0 Å². The minimum Gasteiger partial charge on any atom is -0.318 e. The van der Waals surface area contributed by atoms with Crippen molar-refractivity contribution in [3.63, 3.8) is 0 Å². The van der Waals surface area contributed by atoms with Gasteiger partial charge in [0, 0.05) is 44.9 Å². The second-order valence-electron chi connectivity index (χ2n) is 6.79. The molecule has 0 radical (unpaired) electrons. The molecule has 150 valence electrons. The Hall–Kier alpha value is -3.78.